The van der Waals surface area contributed by atoms with Crippen molar-refractivity contribution < 1.29 is 33.1 Å². The van der Waals surface area contributed by atoms with E-state index in [0.717, 1.165) is 17.8 Å². The van der Waals surface area contributed by atoms with E-state index in [0.29, 0.717) is 31.7 Å². The van der Waals surface area contributed by atoms with Gasteiger partial charge in [-0.2, -0.15) is 13.2 Å². The minimum atomic E-state index is -4.42. The Hall–Kier alpha value is -3.75. The van der Waals surface area contributed by atoms with E-state index in [-0.39, 0.29) is 5.56 Å². The topological polar surface area (TPSA) is 105 Å². The number of hydrogen-bond donors (Lipinski definition) is 4. The molecular weight excluding hydrogens is 465 g/mol. The molecule has 4 N–H and O–H groups in total. The average molecular weight is 490 g/mol. The fourth-order valence-corrected chi connectivity index (χ4v) is 3.54. The highest BCUT2D eigenvalue weighted by Gasteiger charge is 2.30. The Bertz CT molecular complexity index is 1100. The number of nitrogens with zero attached hydrogens (tertiary/aromatic N) is 2. The van der Waals surface area contributed by atoms with Crippen LogP contribution in [-0.2, 0) is 11.0 Å². The van der Waals surface area contributed by atoms with Gasteiger partial charge >= 0.3 is 12.2 Å². The van der Waals surface area contributed by atoms with Gasteiger partial charge in [-0.05, 0) is 49.4 Å². The normalized spacial score (nSPS) is 15.5. The zero-order valence-electron chi connectivity index (χ0n) is 18.8. The summed E-state index contributed by atoms with van der Waals surface area (Å²) in [6.45, 7) is 3.11. The van der Waals surface area contributed by atoms with E-state index in [9.17, 15) is 27.9 Å². The maximum Gasteiger partial charge on any atom is 0.416 e. The zero-order chi connectivity index (χ0) is 25.6. The van der Waals surface area contributed by atoms with Crippen molar-refractivity contribution in [3.05, 3.63) is 65.2 Å². The summed E-state index contributed by atoms with van der Waals surface area (Å²) >= 11 is 0. The van der Waals surface area contributed by atoms with Gasteiger partial charge in [0.25, 0.3) is 5.91 Å². The number of carbonyl (C=O) groups excluding carboxylic acids is 2. The fraction of sp³-hybridized carbons (Fsp3) is 0.333. The minimum absolute atomic E-state index is 0.271. The lowest BCUT2D eigenvalue weighted by Gasteiger charge is -2.36. The SMILES string of the molecule is C[C@H](O)[C@@H](NC(=O)N1CCN(c2ccc(C#Cc3cccc(C(F)(F)F)c3)cc2)CC1)C(=O)NO. The van der Waals surface area contributed by atoms with Crippen LogP contribution in [-0.4, -0.2) is 65.5 Å². The predicted octanol–water partition coefficient (Wildman–Crippen LogP) is 2.19. The maximum absolute atomic E-state index is 12.8. The number of halogens is 3. The number of urea groups is 1. The van der Waals surface area contributed by atoms with Gasteiger partial charge in [-0.3, -0.25) is 10.0 Å². The number of benzene rings is 2. The number of piperazine rings is 1. The first-order valence-electron chi connectivity index (χ1n) is 10.8. The van der Waals surface area contributed by atoms with Gasteiger partial charge < -0.3 is 20.2 Å². The van der Waals surface area contributed by atoms with Crippen LogP contribution in [0.3, 0.4) is 0 Å². The number of nitrogens with one attached hydrogen (secondary N) is 2. The Morgan fingerprint density at radius 3 is 2.20 bits per heavy atom. The summed E-state index contributed by atoms with van der Waals surface area (Å²) in [7, 11) is 0. The number of hydrogen-bond acceptors (Lipinski definition) is 5. The Balaban J connectivity index is 1.57. The standard InChI is InChI=1S/C24H25F3N4O4/c1-16(32)21(22(33)29-35)28-23(34)31-13-11-30(12-14-31)20-9-7-17(8-10-20)5-6-18-3-2-4-19(15-18)24(25,26)27/h2-4,7-10,15-16,21,32,35H,11-14H2,1H3,(H,28,34)(H,29,33)/t16-,21+/m0/s1. The van der Waals surface area contributed by atoms with Gasteiger partial charge in [0.05, 0.1) is 11.7 Å². The Labute approximate surface area is 200 Å². The predicted molar refractivity (Wildman–Crippen MR) is 122 cm³/mol. The molecule has 0 unspecified atom stereocenters. The van der Waals surface area contributed by atoms with Crippen LogP contribution >= 0.6 is 0 Å². The maximum atomic E-state index is 12.8. The molecule has 0 aliphatic carbocycles. The van der Waals surface area contributed by atoms with Crippen molar-refractivity contribution in [1.82, 2.24) is 15.7 Å². The molecule has 1 fully saturated rings. The van der Waals surface area contributed by atoms with E-state index in [4.69, 9.17) is 5.21 Å². The number of amides is 3. The van der Waals surface area contributed by atoms with Crippen molar-refractivity contribution in [2.24, 2.45) is 0 Å². The molecule has 0 radical (unpaired) electrons. The third-order valence-electron chi connectivity index (χ3n) is 5.49. The number of hydroxylamine groups is 1. The van der Waals surface area contributed by atoms with Crippen LogP contribution in [0.25, 0.3) is 0 Å². The third kappa shape index (κ3) is 6.88. The molecule has 186 valence electrons. The molecule has 1 aliphatic rings. The molecule has 0 aromatic heterocycles. The summed E-state index contributed by atoms with van der Waals surface area (Å²) in [5.74, 6) is 4.70. The van der Waals surface area contributed by atoms with E-state index in [1.807, 2.05) is 12.1 Å². The minimum Gasteiger partial charge on any atom is -0.391 e. The number of aliphatic hydroxyl groups excluding tert-OH is 1. The highest BCUT2D eigenvalue weighted by atomic mass is 19.4. The molecule has 3 amide bonds. The highest BCUT2D eigenvalue weighted by molar-refractivity contribution is 5.87. The van der Waals surface area contributed by atoms with Crippen LogP contribution < -0.4 is 15.7 Å². The van der Waals surface area contributed by atoms with Gasteiger partial charge in [0.15, 0.2) is 0 Å². The van der Waals surface area contributed by atoms with Gasteiger partial charge in [0.1, 0.15) is 6.04 Å². The first kappa shape index (κ1) is 25.9. The lowest BCUT2D eigenvalue weighted by Crippen LogP contribution is -2.58. The molecule has 0 bridgehead atoms. The molecule has 2 aromatic rings. The van der Waals surface area contributed by atoms with E-state index in [1.54, 1.807) is 12.1 Å². The van der Waals surface area contributed by atoms with E-state index in [2.05, 4.69) is 22.1 Å². The molecular formula is C24H25F3N4O4. The molecule has 8 nitrogen and oxygen atoms in total. The van der Waals surface area contributed by atoms with Gasteiger partial charge in [-0.25, -0.2) is 10.3 Å². The summed E-state index contributed by atoms with van der Waals surface area (Å²) in [6, 6.07) is 10.3. The fourth-order valence-electron chi connectivity index (χ4n) is 3.54. The van der Waals surface area contributed by atoms with E-state index in [1.165, 1.54) is 29.4 Å². The first-order valence-corrected chi connectivity index (χ1v) is 10.8. The Morgan fingerprint density at radius 2 is 1.63 bits per heavy atom. The van der Waals surface area contributed by atoms with Crippen molar-refractivity contribution >= 4 is 17.6 Å². The quantitative estimate of drug-likeness (QED) is 0.299. The molecule has 2 aromatic carbocycles. The zero-order valence-corrected chi connectivity index (χ0v) is 18.8. The largest absolute Gasteiger partial charge is 0.416 e. The molecule has 0 spiro atoms. The second kappa shape index (κ2) is 11.1. The first-order chi connectivity index (χ1) is 16.6. The number of rotatable bonds is 4. The average Bonchev–Trinajstić information content (AvgIpc) is 2.85. The Kier molecular flexibility index (Phi) is 8.22. The molecule has 11 heteroatoms. The molecule has 0 saturated carbocycles. The van der Waals surface area contributed by atoms with Gasteiger partial charge in [0, 0.05) is 43.0 Å². The second-order valence-corrected chi connectivity index (χ2v) is 7.99. The highest BCUT2D eigenvalue weighted by Crippen LogP contribution is 2.29. The van der Waals surface area contributed by atoms with Crippen molar-refractivity contribution in [3.63, 3.8) is 0 Å². The molecule has 35 heavy (non-hydrogen) atoms. The second-order valence-electron chi connectivity index (χ2n) is 7.99. The van der Waals surface area contributed by atoms with E-state index >= 15 is 0 Å². The van der Waals surface area contributed by atoms with Crippen molar-refractivity contribution in [2.75, 3.05) is 31.1 Å². The van der Waals surface area contributed by atoms with Crippen molar-refractivity contribution in [1.29, 1.82) is 0 Å². The lowest BCUT2D eigenvalue weighted by atomic mass is 10.1. The van der Waals surface area contributed by atoms with Crippen LogP contribution in [0.1, 0.15) is 23.6 Å². The molecule has 1 aliphatic heterocycles. The molecule has 2 atom stereocenters. The molecule has 1 saturated heterocycles. The lowest BCUT2D eigenvalue weighted by molar-refractivity contribution is -0.137. The molecule has 3 rings (SSSR count). The number of carbonyl (C=O) groups is 2. The van der Waals surface area contributed by atoms with Crippen LogP contribution in [0, 0.1) is 11.8 Å². The van der Waals surface area contributed by atoms with Gasteiger partial charge in [-0.1, -0.05) is 17.9 Å². The molecule has 1 heterocycles. The number of alkyl halides is 3. The smallest absolute Gasteiger partial charge is 0.391 e. The summed E-state index contributed by atoms with van der Waals surface area (Å²) in [6.07, 6.45) is -5.61. The summed E-state index contributed by atoms with van der Waals surface area (Å²) in [4.78, 5) is 27.6. The summed E-state index contributed by atoms with van der Waals surface area (Å²) < 4.78 is 38.5. The number of aliphatic hydroxyl groups is 1. The van der Waals surface area contributed by atoms with Gasteiger partial charge in [0.2, 0.25) is 0 Å². The van der Waals surface area contributed by atoms with Crippen LogP contribution in [0.4, 0.5) is 23.7 Å². The van der Waals surface area contributed by atoms with Crippen LogP contribution in [0.15, 0.2) is 48.5 Å². The Morgan fingerprint density at radius 1 is 1.00 bits per heavy atom. The van der Waals surface area contributed by atoms with Crippen LogP contribution in [0.2, 0.25) is 0 Å². The number of anilines is 1. The van der Waals surface area contributed by atoms with Crippen molar-refractivity contribution in [3.8, 4) is 11.8 Å². The summed E-state index contributed by atoms with van der Waals surface area (Å²) in [5, 5.41) is 20.8. The van der Waals surface area contributed by atoms with Crippen LogP contribution in [0.5, 0.6) is 0 Å². The third-order valence-corrected chi connectivity index (χ3v) is 5.49. The van der Waals surface area contributed by atoms with Gasteiger partial charge in [-0.15, -0.1) is 0 Å². The van der Waals surface area contributed by atoms with E-state index < -0.39 is 35.8 Å². The summed E-state index contributed by atoms with van der Waals surface area (Å²) in [5.41, 5.74) is 2.49. The monoisotopic (exact) mass is 490 g/mol. The van der Waals surface area contributed by atoms with Crippen molar-refractivity contribution in [2.45, 2.75) is 25.2 Å².